The van der Waals surface area contributed by atoms with Crippen LogP contribution in [0.1, 0.15) is 0 Å². The second kappa shape index (κ2) is 13.2. The van der Waals surface area contributed by atoms with E-state index >= 15 is 0 Å². The van der Waals surface area contributed by atoms with Crippen molar-refractivity contribution in [1.29, 1.82) is 0 Å². The fourth-order valence-corrected chi connectivity index (χ4v) is 8.60. The minimum Gasteiger partial charge on any atom is -0.456 e. The van der Waals surface area contributed by atoms with E-state index in [0.717, 1.165) is 50.1 Å². The van der Waals surface area contributed by atoms with Gasteiger partial charge in [0.25, 0.3) is 0 Å². The van der Waals surface area contributed by atoms with E-state index < -0.39 is 0 Å². The summed E-state index contributed by atoms with van der Waals surface area (Å²) in [6.07, 6.45) is 0. The Hall–Kier alpha value is -7.42. The molecule has 0 atom stereocenters. The summed E-state index contributed by atoms with van der Waals surface area (Å²) in [6.45, 7) is 0. The molecule has 0 N–H and O–H groups in total. The molecule has 0 spiro atoms. The quantitative estimate of drug-likeness (QED) is 0.160. The van der Waals surface area contributed by atoms with Crippen molar-refractivity contribution in [3.8, 4) is 33.4 Å². The van der Waals surface area contributed by atoms with Crippen LogP contribution in [0, 0.1) is 0 Å². The van der Waals surface area contributed by atoms with Crippen LogP contribution in [0.5, 0.6) is 0 Å². The lowest BCUT2D eigenvalue weighted by Gasteiger charge is -2.26. The number of nitrogens with zero attached hydrogens (tertiary/aromatic N) is 1. The zero-order valence-electron chi connectivity index (χ0n) is 30.6. The molecule has 0 saturated carbocycles. The Bertz CT molecular complexity index is 3230. The second-order valence-corrected chi connectivity index (χ2v) is 14.5. The predicted octanol–water partition coefficient (Wildman–Crippen LogP) is 15.5. The Morgan fingerprint density at radius 2 is 0.750 bits per heavy atom. The van der Waals surface area contributed by atoms with Gasteiger partial charge < -0.3 is 9.32 Å². The predicted molar refractivity (Wildman–Crippen MR) is 237 cm³/mol. The highest BCUT2D eigenvalue weighted by atomic mass is 16.3. The van der Waals surface area contributed by atoms with Gasteiger partial charge in [-0.15, -0.1) is 0 Å². The zero-order chi connectivity index (χ0) is 37.0. The standard InChI is InChI=1S/C54H35NO/c1-2-12-36(13-3-1)38-22-28-42(29-23-38)55(44-32-24-37-14-4-5-15-40(37)34-44)43-30-25-39(26-31-43)53-49-19-8-6-16-45(49)46-17-7-9-20-50(46)54(53)41-27-33-48-47-18-10-11-21-51(47)56-52(48)35-41/h1-35H. The number of hydrogen-bond acceptors (Lipinski definition) is 2. The minimum absolute atomic E-state index is 0.895. The average molecular weight is 714 g/mol. The lowest BCUT2D eigenvalue weighted by molar-refractivity contribution is 0.669. The summed E-state index contributed by atoms with van der Waals surface area (Å²) in [4.78, 5) is 2.36. The van der Waals surface area contributed by atoms with E-state index in [1.165, 1.54) is 54.6 Å². The zero-order valence-corrected chi connectivity index (χ0v) is 30.6. The highest BCUT2D eigenvalue weighted by molar-refractivity contribution is 6.22. The van der Waals surface area contributed by atoms with E-state index in [-0.39, 0.29) is 0 Å². The monoisotopic (exact) mass is 713 g/mol. The van der Waals surface area contributed by atoms with E-state index in [2.05, 4.69) is 205 Å². The van der Waals surface area contributed by atoms with Gasteiger partial charge in [-0.2, -0.15) is 0 Å². The van der Waals surface area contributed by atoms with E-state index in [4.69, 9.17) is 4.42 Å². The number of benzene rings is 10. The maximum Gasteiger partial charge on any atom is 0.136 e. The molecule has 2 nitrogen and oxygen atoms in total. The summed E-state index contributed by atoms with van der Waals surface area (Å²) in [5.41, 5.74) is 12.2. The van der Waals surface area contributed by atoms with Crippen LogP contribution in [0.2, 0.25) is 0 Å². The van der Waals surface area contributed by atoms with Crippen LogP contribution in [-0.4, -0.2) is 0 Å². The third-order valence-electron chi connectivity index (χ3n) is 11.2. The van der Waals surface area contributed by atoms with Gasteiger partial charge in [0.05, 0.1) is 0 Å². The van der Waals surface area contributed by atoms with Gasteiger partial charge in [-0.25, -0.2) is 0 Å². The van der Waals surface area contributed by atoms with Crippen molar-refractivity contribution < 1.29 is 4.42 Å². The van der Waals surface area contributed by atoms with Gasteiger partial charge in [0.15, 0.2) is 0 Å². The SMILES string of the molecule is c1ccc(-c2ccc(N(c3ccc(-c4c(-c5ccc6c(c5)oc5ccccc56)c5ccccc5c5ccccc45)cc3)c3ccc4ccccc4c3)cc2)cc1. The molecule has 1 heterocycles. The fraction of sp³-hybridized carbons (Fsp3) is 0. The van der Waals surface area contributed by atoms with Crippen molar-refractivity contribution in [2.75, 3.05) is 4.90 Å². The fourth-order valence-electron chi connectivity index (χ4n) is 8.60. The molecule has 0 amide bonds. The van der Waals surface area contributed by atoms with Crippen molar-refractivity contribution in [2.24, 2.45) is 0 Å². The number of anilines is 3. The van der Waals surface area contributed by atoms with Gasteiger partial charge in [-0.3, -0.25) is 0 Å². The Morgan fingerprint density at radius 1 is 0.268 bits per heavy atom. The van der Waals surface area contributed by atoms with Crippen molar-refractivity contribution in [1.82, 2.24) is 0 Å². The topological polar surface area (TPSA) is 16.4 Å². The highest BCUT2D eigenvalue weighted by Gasteiger charge is 2.20. The molecule has 0 aliphatic rings. The Labute approximate surface area is 325 Å². The van der Waals surface area contributed by atoms with Crippen LogP contribution in [0.15, 0.2) is 217 Å². The normalized spacial score (nSPS) is 11.6. The van der Waals surface area contributed by atoms with Gasteiger partial charge in [0.2, 0.25) is 0 Å². The molecule has 11 aromatic rings. The van der Waals surface area contributed by atoms with E-state index in [0.29, 0.717) is 0 Å². The number of para-hydroxylation sites is 1. The molecule has 56 heavy (non-hydrogen) atoms. The molecule has 2 heteroatoms. The number of hydrogen-bond donors (Lipinski definition) is 0. The molecule has 1 aromatic heterocycles. The Balaban J connectivity index is 1.10. The summed E-state index contributed by atoms with van der Waals surface area (Å²) in [6, 6.07) is 76.5. The molecule has 0 aliphatic carbocycles. The molecule has 11 rings (SSSR count). The average Bonchev–Trinajstić information content (AvgIpc) is 3.65. The maximum atomic E-state index is 6.44. The first-order valence-electron chi connectivity index (χ1n) is 19.2. The largest absolute Gasteiger partial charge is 0.456 e. The molecule has 0 unspecified atom stereocenters. The Kier molecular flexibility index (Phi) is 7.53. The summed E-state index contributed by atoms with van der Waals surface area (Å²) in [5, 5.41) is 9.63. The molecule has 262 valence electrons. The lowest BCUT2D eigenvalue weighted by Crippen LogP contribution is -2.09. The number of rotatable bonds is 6. The first kappa shape index (κ1) is 32.0. The summed E-state index contributed by atoms with van der Waals surface area (Å²) in [5.74, 6) is 0. The second-order valence-electron chi connectivity index (χ2n) is 14.5. The highest BCUT2D eigenvalue weighted by Crippen LogP contribution is 2.46. The van der Waals surface area contributed by atoms with Crippen molar-refractivity contribution in [2.45, 2.75) is 0 Å². The van der Waals surface area contributed by atoms with Crippen LogP contribution in [0.4, 0.5) is 17.1 Å². The molecule has 0 aliphatic heterocycles. The third kappa shape index (κ3) is 5.34. The first-order valence-corrected chi connectivity index (χ1v) is 19.2. The number of furan rings is 1. The van der Waals surface area contributed by atoms with Crippen molar-refractivity contribution >= 4 is 71.3 Å². The molecule has 10 aromatic carbocycles. The Morgan fingerprint density at radius 3 is 1.45 bits per heavy atom. The van der Waals surface area contributed by atoms with Crippen LogP contribution >= 0.6 is 0 Å². The first-order chi connectivity index (χ1) is 27.8. The smallest absolute Gasteiger partial charge is 0.136 e. The number of fused-ring (bicyclic) bond motifs is 7. The summed E-state index contributed by atoms with van der Waals surface area (Å²) >= 11 is 0. The van der Waals surface area contributed by atoms with Crippen molar-refractivity contribution in [3.63, 3.8) is 0 Å². The van der Waals surface area contributed by atoms with Crippen LogP contribution in [0.3, 0.4) is 0 Å². The minimum atomic E-state index is 0.895. The summed E-state index contributed by atoms with van der Waals surface area (Å²) in [7, 11) is 0. The van der Waals surface area contributed by atoms with Gasteiger partial charge in [-0.1, -0.05) is 158 Å². The van der Waals surface area contributed by atoms with Crippen LogP contribution in [0.25, 0.3) is 87.6 Å². The molecular weight excluding hydrogens is 679 g/mol. The third-order valence-corrected chi connectivity index (χ3v) is 11.2. The molecule has 0 radical (unpaired) electrons. The summed E-state index contributed by atoms with van der Waals surface area (Å²) < 4.78 is 6.44. The maximum absolute atomic E-state index is 6.44. The molecule has 0 bridgehead atoms. The van der Waals surface area contributed by atoms with Gasteiger partial charge in [0.1, 0.15) is 11.2 Å². The van der Waals surface area contributed by atoms with Crippen LogP contribution in [-0.2, 0) is 0 Å². The van der Waals surface area contributed by atoms with E-state index in [1.54, 1.807) is 0 Å². The van der Waals surface area contributed by atoms with Gasteiger partial charge in [0, 0.05) is 27.8 Å². The lowest BCUT2D eigenvalue weighted by atomic mass is 9.85. The van der Waals surface area contributed by atoms with Crippen LogP contribution < -0.4 is 4.90 Å². The van der Waals surface area contributed by atoms with E-state index in [9.17, 15) is 0 Å². The molecule has 0 saturated heterocycles. The molecular formula is C54H35NO. The molecule has 0 fully saturated rings. The van der Waals surface area contributed by atoms with E-state index in [1.807, 2.05) is 12.1 Å². The van der Waals surface area contributed by atoms with Gasteiger partial charge >= 0.3 is 0 Å². The van der Waals surface area contributed by atoms with Crippen molar-refractivity contribution in [3.05, 3.63) is 212 Å². The van der Waals surface area contributed by atoms with Gasteiger partial charge in [-0.05, 0) is 120 Å².